The average Bonchev–Trinajstić information content (AvgIpc) is 2.54. The summed E-state index contributed by atoms with van der Waals surface area (Å²) in [6, 6.07) is 15.3. The monoisotopic (exact) mass is 358 g/mol. The topological polar surface area (TPSA) is 56.5 Å². The molecule has 22 heavy (non-hydrogen) atoms. The summed E-state index contributed by atoms with van der Waals surface area (Å²) in [5.41, 5.74) is 0.947. The van der Waals surface area contributed by atoms with Crippen LogP contribution >= 0.6 is 15.9 Å². The summed E-state index contributed by atoms with van der Waals surface area (Å²) >= 11 is 3.34. The van der Waals surface area contributed by atoms with E-state index in [2.05, 4.69) is 15.9 Å². The molecule has 0 N–H and O–H groups in total. The van der Waals surface area contributed by atoms with Crippen molar-refractivity contribution in [2.24, 2.45) is 0 Å². The van der Waals surface area contributed by atoms with Crippen molar-refractivity contribution in [3.63, 3.8) is 0 Å². The SMILES string of the molecule is O=C(OCc1ccc(Br)cc1)c1cc(=O)c2ccccc2o1. The lowest BCUT2D eigenvalue weighted by Gasteiger charge is -2.05. The largest absolute Gasteiger partial charge is 0.455 e. The molecule has 0 fully saturated rings. The molecular weight excluding hydrogens is 348 g/mol. The van der Waals surface area contributed by atoms with Gasteiger partial charge in [-0.1, -0.05) is 40.2 Å². The molecule has 0 saturated carbocycles. The van der Waals surface area contributed by atoms with Gasteiger partial charge in [0, 0.05) is 10.5 Å². The van der Waals surface area contributed by atoms with E-state index in [-0.39, 0.29) is 17.8 Å². The predicted octanol–water partition coefficient (Wildman–Crippen LogP) is 3.91. The molecule has 0 amide bonds. The summed E-state index contributed by atoms with van der Waals surface area (Å²) in [6.45, 7) is 0.114. The van der Waals surface area contributed by atoms with Gasteiger partial charge in [0.1, 0.15) is 12.2 Å². The Kier molecular flexibility index (Phi) is 4.06. The van der Waals surface area contributed by atoms with E-state index in [0.717, 1.165) is 16.1 Å². The molecule has 0 spiro atoms. The van der Waals surface area contributed by atoms with E-state index in [1.807, 2.05) is 24.3 Å². The van der Waals surface area contributed by atoms with E-state index >= 15 is 0 Å². The lowest BCUT2D eigenvalue weighted by atomic mass is 10.2. The molecule has 0 bridgehead atoms. The Morgan fingerprint density at radius 2 is 1.82 bits per heavy atom. The Labute approximate surface area is 134 Å². The lowest BCUT2D eigenvalue weighted by molar-refractivity contribution is 0.0436. The van der Waals surface area contributed by atoms with Gasteiger partial charge in [0.15, 0.2) is 5.43 Å². The standard InChI is InChI=1S/C17H11BrO4/c18-12-7-5-11(6-8-12)10-21-17(20)16-9-14(19)13-3-1-2-4-15(13)22-16/h1-9H,10H2. The van der Waals surface area contributed by atoms with Crippen molar-refractivity contribution in [2.45, 2.75) is 6.61 Å². The first-order valence-corrected chi connectivity index (χ1v) is 7.37. The summed E-state index contributed by atoms with van der Waals surface area (Å²) in [5, 5.41) is 0.437. The molecule has 3 aromatic rings. The molecule has 0 radical (unpaired) electrons. The van der Waals surface area contributed by atoms with Crippen molar-refractivity contribution in [1.29, 1.82) is 0 Å². The van der Waals surface area contributed by atoms with E-state index in [0.29, 0.717) is 11.0 Å². The highest BCUT2D eigenvalue weighted by Gasteiger charge is 2.13. The molecule has 1 heterocycles. The normalized spacial score (nSPS) is 10.6. The van der Waals surface area contributed by atoms with Crippen LogP contribution < -0.4 is 5.43 Å². The number of benzene rings is 2. The summed E-state index contributed by atoms with van der Waals surface area (Å²) in [6.07, 6.45) is 0. The fourth-order valence-electron chi connectivity index (χ4n) is 2.01. The van der Waals surface area contributed by atoms with Crippen LogP contribution in [0, 0.1) is 0 Å². The zero-order chi connectivity index (χ0) is 15.5. The van der Waals surface area contributed by atoms with Crippen LogP contribution in [0.5, 0.6) is 0 Å². The first kappa shape index (κ1) is 14.5. The van der Waals surface area contributed by atoms with Crippen LogP contribution in [0.3, 0.4) is 0 Å². The highest BCUT2D eigenvalue weighted by atomic mass is 79.9. The number of carbonyl (C=O) groups excluding carboxylic acids is 1. The maximum absolute atomic E-state index is 12.0. The van der Waals surface area contributed by atoms with Crippen LogP contribution in [0.15, 0.2) is 68.3 Å². The van der Waals surface area contributed by atoms with Gasteiger partial charge >= 0.3 is 5.97 Å². The predicted molar refractivity (Wildman–Crippen MR) is 85.7 cm³/mol. The number of carbonyl (C=O) groups is 1. The second-order valence-corrected chi connectivity index (χ2v) is 5.59. The number of hydrogen-bond donors (Lipinski definition) is 0. The number of hydrogen-bond acceptors (Lipinski definition) is 4. The molecule has 0 atom stereocenters. The maximum Gasteiger partial charge on any atom is 0.374 e. The number of ether oxygens (including phenoxy) is 1. The quantitative estimate of drug-likeness (QED) is 0.666. The van der Waals surface area contributed by atoms with Crippen molar-refractivity contribution in [2.75, 3.05) is 0 Å². The van der Waals surface area contributed by atoms with Crippen LogP contribution in [-0.4, -0.2) is 5.97 Å². The number of esters is 1. The second-order valence-electron chi connectivity index (χ2n) is 4.67. The third-order valence-electron chi connectivity index (χ3n) is 3.12. The van der Waals surface area contributed by atoms with Crippen molar-refractivity contribution >= 4 is 32.9 Å². The molecule has 5 heteroatoms. The van der Waals surface area contributed by atoms with Gasteiger partial charge in [0.2, 0.25) is 5.76 Å². The van der Waals surface area contributed by atoms with Crippen molar-refractivity contribution in [3.05, 3.63) is 80.6 Å². The number of para-hydroxylation sites is 1. The summed E-state index contributed by atoms with van der Waals surface area (Å²) in [5.74, 6) is -0.758. The van der Waals surface area contributed by atoms with Crippen LogP contribution in [0.25, 0.3) is 11.0 Å². The van der Waals surface area contributed by atoms with Gasteiger partial charge in [-0.15, -0.1) is 0 Å². The molecule has 2 aromatic carbocycles. The molecule has 0 aliphatic heterocycles. The molecule has 3 rings (SSSR count). The fraction of sp³-hybridized carbons (Fsp3) is 0.0588. The van der Waals surface area contributed by atoms with Crippen LogP contribution in [-0.2, 0) is 11.3 Å². The molecule has 0 saturated heterocycles. The van der Waals surface area contributed by atoms with Crippen LogP contribution in [0.1, 0.15) is 16.1 Å². The van der Waals surface area contributed by atoms with E-state index in [9.17, 15) is 9.59 Å². The number of halogens is 1. The Hall–Kier alpha value is -2.40. The molecule has 110 valence electrons. The third-order valence-corrected chi connectivity index (χ3v) is 3.65. The maximum atomic E-state index is 12.0. The van der Waals surface area contributed by atoms with Crippen molar-refractivity contribution < 1.29 is 13.9 Å². The summed E-state index contributed by atoms with van der Waals surface area (Å²) < 4.78 is 11.5. The Bertz CT molecular complexity index is 881. The Balaban J connectivity index is 1.80. The average molecular weight is 359 g/mol. The Morgan fingerprint density at radius 3 is 2.59 bits per heavy atom. The van der Waals surface area contributed by atoms with Gasteiger partial charge < -0.3 is 9.15 Å². The van der Waals surface area contributed by atoms with Gasteiger partial charge in [-0.3, -0.25) is 4.79 Å². The van der Waals surface area contributed by atoms with E-state index in [1.54, 1.807) is 24.3 Å². The van der Waals surface area contributed by atoms with Gasteiger partial charge in [0.25, 0.3) is 0 Å². The van der Waals surface area contributed by atoms with Gasteiger partial charge in [-0.25, -0.2) is 4.79 Å². The van der Waals surface area contributed by atoms with E-state index < -0.39 is 5.97 Å². The number of fused-ring (bicyclic) bond motifs is 1. The highest BCUT2D eigenvalue weighted by molar-refractivity contribution is 9.10. The van der Waals surface area contributed by atoms with Crippen LogP contribution in [0.2, 0.25) is 0 Å². The smallest absolute Gasteiger partial charge is 0.374 e. The minimum atomic E-state index is -0.661. The molecule has 0 aliphatic rings. The summed E-state index contributed by atoms with van der Waals surface area (Å²) in [4.78, 5) is 24.0. The van der Waals surface area contributed by atoms with E-state index in [1.165, 1.54) is 0 Å². The van der Waals surface area contributed by atoms with Gasteiger partial charge in [-0.2, -0.15) is 0 Å². The van der Waals surface area contributed by atoms with Gasteiger partial charge in [0.05, 0.1) is 5.39 Å². The first-order valence-electron chi connectivity index (χ1n) is 6.58. The fourth-order valence-corrected chi connectivity index (χ4v) is 2.27. The molecule has 0 unspecified atom stereocenters. The molecule has 0 aliphatic carbocycles. The summed E-state index contributed by atoms with van der Waals surface area (Å²) in [7, 11) is 0. The zero-order valence-corrected chi connectivity index (χ0v) is 13.0. The minimum Gasteiger partial charge on any atom is -0.455 e. The lowest BCUT2D eigenvalue weighted by Crippen LogP contribution is -2.10. The van der Waals surface area contributed by atoms with Gasteiger partial charge in [-0.05, 0) is 29.8 Å². The molecule has 1 aromatic heterocycles. The molecule has 4 nitrogen and oxygen atoms in total. The molecular formula is C17H11BrO4. The minimum absolute atomic E-state index is 0.0965. The van der Waals surface area contributed by atoms with E-state index in [4.69, 9.17) is 9.15 Å². The highest BCUT2D eigenvalue weighted by Crippen LogP contribution is 2.14. The van der Waals surface area contributed by atoms with Crippen LogP contribution in [0.4, 0.5) is 0 Å². The third kappa shape index (κ3) is 3.09. The first-order chi connectivity index (χ1) is 10.6. The zero-order valence-electron chi connectivity index (χ0n) is 11.4. The second kappa shape index (κ2) is 6.15. The Morgan fingerprint density at radius 1 is 1.09 bits per heavy atom. The number of rotatable bonds is 3. The van der Waals surface area contributed by atoms with Crippen molar-refractivity contribution in [3.8, 4) is 0 Å². The van der Waals surface area contributed by atoms with Crippen molar-refractivity contribution in [1.82, 2.24) is 0 Å².